The topological polar surface area (TPSA) is 80.1 Å². The first-order valence-electron chi connectivity index (χ1n) is 0.289. The minimum Gasteiger partial charge on any atom is -1.00 e. The van der Waals surface area contributed by atoms with Gasteiger partial charge in [-0.05, 0) is 0 Å². The fourth-order valence-electron chi connectivity index (χ4n) is 0. The Kier molecular flexibility index (Phi) is 471. The number of hydrogen-bond donors (Lipinski definition) is 0. The van der Waals surface area contributed by atoms with Gasteiger partial charge < -0.3 is 21.1 Å². The SMILES string of the molecule is O.O.O=[SiH2].[Ca+2].[H-].[H-].[H-].[H-].[Mg+2]. The Morgan fingerprint density at radius 2 is 1.17 bits per heavy atom. The smallest absolute Gasteiger partial charge is 1.00 e. The molecule has 0 aromatic carbocycles. The molecule has 0 atom stereocenters. The molecule has 0 aliphatic heterocycles. The molecule has 6 heavy (non-hydrogen) atoms. The summed E-state index contributed by atoms with van der Waals surface area (Å²) in [5.41, 5.74) is 0. The average molecular weight is 151 g/mol. The van der Waals surface area contributed by atoms with Gasteiger partial charge in [-0.3, -0.25) is 0 Å². The Bertz CT molecular complexity index is 20.5. The molecule has 4 N–H and O–H groups in total. The molecule has 0 bridgehead atoms. The van der Waals surface area contributed by atoms with Crippen LogP contribution in [0.5, 0.6) is 0 Å². The number of hydrogen-bond acceptors (Lipinski definition) is 1. The second-order valence-corrected chi connectivity index (χ2v) is 0. The molecule has 0 unspecified atom stereocenters. The summed E-state index contributed by atoms with van der Waals surface area (Å²) >= 11 is 0. The number of rotatable bonds is 0. The maximum Gasteiger partial charge on any atom is 2.00 e. The van der Waals surface area contributed by atoms with Gasteiger partial charge >= 0.3 is 60.8 Å². The van der Waals surface area contributed by atoms with E-state index in [4.69, 9.17) is 4.46 Å². The van der Waals surface area contributed by atoms with E-state index in [1.807, 2.05) is 0 Å². The molecular weight excluding hydrogens is 140 g/mol. The minimum absolute atomic E-state index is 0. The molecule has 0 saturated carbocycles. The summed E-state index contributed by atoms with van der Waals surface area (Å²) in [5.74, 6) is 0. The van der Waals surface area contributed by atoms with E-state index in [0.29, 0.717) is 10.1 Å². The van der Waals surface area contributed by atoms with E-state index in [1.165, 1.54) is 0 Å². The van der Waals surface area contributed by atoms with Crippen LogP contribution in [-0.2, 0) is 4.46 Å². The van der Waals surface area contributed by atoms with E-state index in [1.54, 1.807) is 0 Å². The summed E-state index contributed by atoms with van der Waals surface area (Å²) < 4.78 is 8.28. The van der Waals surface area contributed by atoms with Gasteiger partial charge in [-0.15, -0.1) is 0 Å². The van der Waals surface area contributed by atoms with Crippen LogP contribution in [0.25, 0.3) is 0 Å². The van der Waals surface area contributed by atoms with Crippen LogP contribution in [0, 0.1) is 0 Å². The van der Waals surface area contributed by atoms with Crippen molar-refractivity contribution in [2.24, 2.45) is 0 Å². The minimum atomic E-state index is 0. The van der Waals surface area contributed by atoms with Gasteiger partial charge in [0.25, 0.3) is 0 Å². The van der Waals surface area contributed by atoms with E-state index in [9.17, 15) is 0 Å². The van der Waals surface area contributed by atoms with Gasteiger partial charge in [-0.1, -0.05) is 0 Å². The van der Waals surface area contributed by atoms with E-state index >= 15 is 0 Å². The van der Waals surface area contributed by atoms with Crippen molar-refractivity contribution >= 4 is 70.9 Å². The van der Waals surface area contributed by atoms with Crippen molar-refractivity contribution in [3.8, 4) is 0 Å². The Morgan fingerprint density at radius 1 is 1.17 bits per heavy atom. The monoisotopic (exact) mass is 150 g/mol. The van der Waals surface area contributed by atoms with Crippen molar-refractivity contribution in [2.75, 3.05) is 0 Å². The van der Waals surface area contributed by atoms with E-state index in [2.05, 4.69) is 0 Å². The molecule has 0 aliphatic carbocycles. The van der Waals surface area contributed by atoms with Gasteiger partial charge in [-0.2, -0.15) is 0 Å². The first-order chi connectivity index (χ1) is 1.00. The molecule has 0 fully saturated rings. The zero-order valence-electron chi connectivity index (χ0n) is 7.53. The largest absolute Gasteiger partial charge is 2.00 e. The third-order valence-electron chi connectivity index (χ3n) is 0. The van der Waals surface area contributed by atoms with Gasteiger partial charge in [-0.25, -0.2) is 0 Å². The summed E-state index contributed by atoms with van der Waals surface area (Å²) in [4.78, 5) is 0. The summed E-state index contributed by atoms with van der Waals surface area (Å²) in [6, 6.07) is 0. The molecule has 0 amide bonds. The van der Waals surface area contributed by atoms with Crippen LogP contribution in [0.4, 0.5) is 0 Å². The molecule has 0 aromatic heterocycles. The van der Waals surface area contributed by atoms with Gasteiger partial charge in [0.05, 0.1) is 0 Å². The summed E-state index contributed by atoms with van der Waals surface area (Å²) in [6.07, 6.45) is 0. The molecule has 0 aliphatic rings. The van der Waals surface area contributed by atoms with Crippen molar-refractivity contribution in [3.63, 3.8) is 0 Å². The Labute approximate surface area is 91.1 Å². The second kappa shape index (κ2) is 64.3. The summed E-state index contributed by atoms with van der Waals surface area (Å²) in [7, 11) is 0.611. The third kappa shape index (κ3) is 38.1. The Morgan fingerprint density at radius 3 is 1.17 bits per heavy atom. The van der Waals surface area contributed by atoms with E-state index < -0.39 is 0 Å². The van der Waals surface area contributed by atoms with Crippen LogP contribution < -0.4 is 0 Å². The molecule has 0 heterocycles. The van der Waals surface area contributed by atoms with Crippen LogP contribution in [0.2, 0.25) is 0 Å². The van der Waals surface area contributed by atoms with Crippen molar-refractivity contribution < 1.29 is 21.1 Å². The van der Waals surface area contributed by atoms with Crippen LogP contribution in [-0.4, -0.2) is 81.9 Å². The van der Waals surface area contributed by atoms with Crippen molar-refractivity contribution in [1.82, 2.24) is 0 Å². The van der Waals surface area contributed by atoms with E-state index in [-0.39, 0.29) is 77.4 Å². The van der Waals surface area contributed by atoms with Crippen molar-refractivity contribution in [2.45, 2.75) is 0 Å². The van der Waals surface area contributed by atoms with Crippen LogP contribution >= 0.6 is 0 Å². The molecule has 3 nitrogen and oxygen atoms in total. The normalized spacial score (nSPS) is 0.667. The maximum atomic E-state index is 8.28. The predicted molar refractivity (Wildman–Crippen MR) is 32.4 cm³/mol. The first-order valence-corrected chi connectivity index (χ1v) is 0.866. The van der Waals surface area contributed by atoms with Gasteiger partial charge in [0.15, 0.2) is 0 Å². The molecule has 0 spiro atoms. The molecule has 0 rings (SSSR count). The Balaban J connectivity index is -0.000000000179. The van der Waals surface area contributed by atoms with Crippen LogP contribution in [0.15, 0.2) is 0 Å². The third-order valence-corrected chi connectivity index (χ3v) is 0. The fraction of sp³-hybridized carbons (Fsp3) is 0. The molecule has 0 saturated heterocycles. The fourth-order valence-corrected chi connectivity index (χ4v) is 0. The zero-order valence-corrected chi connectivity index (χ0v) is 8.57. The Hall–Kier alpha value is 1.96. The predicted octanol–water partition coefficient (Wildman–Crippen LogP) is -3.00. The van der Waals surface area contributed by atoms with Crippen molar-refractivity contribution in [3.05, 3.63) is 0 Å². The molecule has 0 aromatic rings. The second-order valence-electron chi connectivity index (χ2n) is 0. The van der Waals surface area contributed by atoms with Crippen LogP contribution in [0.3, 0.4) is 0 Å². The first kappa shape index (κ1) is 44.0. The maximum absolute atomic E-state index is 8.28. The molecule has 6 heteroatoms. The molecule has 36 valence electrons. The molecular formula is H10CaMgO3Si. The quantitative estimate of drug-likeness (QED) is 0.339. The summed E-state index contributed by atoms with van der Waals surface area (Å²) in [6.45, 7) is 0. The summed E-state index contributed by atoms with van der Waals surface area (Å²) in [5, 5.41) is 0. The molecule has 0 radical (unpaired) electrons. The van der Waals surface area contributed by atoms with Crippen molar-refractivity contribution in [1.29, 1.82) is 0 Å². The van der Waals surface area contributed by atoms with Gasteiger partial charge in [0.2, 0.25) is 10.1 Å². The van der Waals surface area contributed by atoms with E-state index in [0.717, 1.165) is 0 Å². The average Bonchev–Trinajstić information content (AvgIpc) is 1.00. The van der Waals surface area contributed by atoms with Gasteiger partial charge in [0.1, 0.15) is 0 Å². The van der Waals surface area contributed by atoms with Gasteiger partial charge in [0, 0.05) is 0 Å². The zero-order chi connectivity index (χ0) is 2.00. The van der Waals surface area contributed by atoms with Crippen LogP contribution in [0.1, 0.15) is 5.71 Å². The standard InChI is InChI=1S/Ca.Mg.H2OSi.2H2O.4H/c;;1-2;;;;;;/h;;2H2;2*1H2;;;;/q2*+2;;;;4*-1.